The Balaban J connectivity index is 2.16. The van der Waals surface area contributed by atoms with Crippen LogP contribution >= 0.6 is 0 Å². The Labute approximate surface area is 106 Å². The lowest BCUT2D eigenvalue weighted by molar-refractivity contribution is -0.110. The van der Waals surface area contributed by atoms with Crippen molar-refractivity contribution in [3.05, 3.63) is 52.8 Å². The zero-order valence-electron chi connectivity index (χ0n) is 10.4. The average Bonchev–Trinajstić information content (AvgIpc) is 2.84. The fourth-order valence-electron chi connectivity index (χ4n) is 2.32. The van der Waals surface area contributed by atoms with Crippen LogP contribution in [-0.4, -0.2) is 10.9 Å². The van der Waals surface area contributed by atoms with Gasteiger partial charge in [0.25, 0.3) is 5.91 Å². The van der Waals surface area contributed by atoms with E-state index >= 15 is 0 Å². The van der Waals surface area contributed by atoms with E-state index < -0.39 is 0 Å². The number of amides is 1. The fourth-order valence-corrected chi connectivity index (χ4v) is 2.32. The van der Waals surface area contributed by atoms with Crippen molar-refractivity contribution in [1.29, 1.82) is 0 Å². The van der Waals surface area contributed by atoms with Crippen molar-refractivity contribution in [2.45, 2.75) is 13.8 Å². The minimum absolute atomic E-state index is 0.0313. The van der Waals surface area contributed by atoms with Crippen molar-refractivity contribution in [2.75, 3.05) is 5.32 Å². The highest BCUT2D eigenvalue weighted by Crippen LogP contribution is 2.33. The van der Waals surface area contributed by atoms with Gasteiger partial charge in [-0.1, -0.05) is 18.2 Å². The molecule has 0 radical (unpaired) electrons. The Morgan fingerprint density at radius 2 is 1.94 bits per heavy atom. The third kappa shape index (κ3) is 1.56. The summed E-state index contributed by atoms with van der Waals surface area (Å²) in [6.45, 7) is 4.05. The van der Waals surface area contributed by atoms with Gasteiger partial charge >= 0.3 is 0 Å². The SMILES string of the molecule is Cc1c[nH]c(C)c1C=C1C(=O)Nc2ccccc21. The Bertz CT molecular complexity index is 645. The van der Waals surface area contributed by atoms with Gasteiger partial charge < -0.3 is 10.3 Å². The second-order valence-corrected chi connectivity index (χ2v) is 4.57. The largest absolute Gasteiger partial charge is 0.364 e. The normalized spacial score (nSPS) is 15.9. The van der Waals surface area contributed by atoms with Crippen LogP contribution in [0.15, 0.2) is 30.5 Å². The predicted molar refractivity (Wildman–Crippen MR) is 73.2 cm³/mol. The van der Waals surface area contributed by atoms with Gasteiger partial charge in [-0.05, 0) is 37.1 Å². The zero-order valence-corrected chi connectivity index (χ0v) is 10.4. The summed E-state index contributed by atoms with van der Waals surface area (Å²) >= 11 is 0. The van der Waals surface area contributed by atoms with Crippen LogP contribution in [0.2, 0.25) is 0 Å². The molecule has 2 heterocycles. The number of benzene rings is 1. The van der Waals surface area contributed by atoms with Crippen molar-refractivity contribution < 1.29 is 4.79 Å². The molecular weight excluding hydrogens is 224 g/mol. The van der Waals surface area contributed by atoms with Crippen LogP contribution in [0.1, 0.15) is 22.4 Å². The maximum atomic E-state index is 12.0. The van der Waals surface area contributed by atoms with E-state index in [0.29, 0.717) is 0 Å². The topological polar surface area (TPSA) is 44.9 Å². The first kappa shape index (κ1) is 10.8. The number of carbonyl (C=O) groups is 1. The van der Waals surface area contributed by atoms with Gasteiger partial charge in [0.1, 0.15) is 0 Å². The van der Waals surface area contributed by atoms with E-state index in [-0.39, 0.29) is 5.91 Å². The summed E-state index contributed by atoms with van der Waals surface area (Å²) < 4.78 is 0. The molecule has 0 saturated heterocycles. The van der Waals surface area contributed by atoms with Crippen molar-refractivity contribution in [2.24, 2.45) is 0 Å². The number of nitrogens with one attached hydrogen (secondary N) is 2. The molecule has 1 aliphatic rings. The number of rotatable bonds is 1. The lowest BCUT2D eigenvalue weighted by Gasteiger charge is -1.99. The highest BCUT2D eigenvalue weighted by Gasteiger charge is 2.23. The maximum Gasteiger partial charge on any atom is 0.256 e. The standard InChI is InChI=1S/C15H14N2O/c1-9-8-16-10(2)12(9)7-13-11-5-3-4-6-14(11)17-15(13)18/h3-8,16H,1-2H3,(H,17,18). The molecule has 3 nitrogen and oxygen atoms in total. The van der Waals surface area contributed by atoms with Crippen LogP contribution in [-0.2, 0) is 4.79 Å². The van der Waals surface area contributed by atoms with E-state index in [0.717, 1.165) is 33.6 Å². The van der Waals surface area contributed by atoms with E-state index in [2.05, 4.69) is 10.3 Å². The second kappa shape index (κ2) is 3.88. The summed E-state index contributed by atoms with van der Waals surface area (Å²) in [5, 5.41) is 2.88. The Morgan fingerprint density at radius 3 is 2.67 bits per heavy atom. The number of H-pyrrole nitrogens is 1. The Kier molecular flexibility index (Phi) is 2.33. The van der Waals surface area contributed by atoms with E-state index in [4.69, 9.17) is 0 Å². The van der Waals surface area contributed by atoms with Gasteiger partial charge in [-0.15, -0.1) is 0 Å². The van der Waals surface area contributed by atoms with Crippen molar-refractivity contribution in [3.63, 3.8) is 0 Å². The molecule has 0 aliphatic carbocycles. The van der Waals surface area contributed by atoms with Gasteiger partial charge in [-0.2, -0.15) is 0 Å². The molecule has 2 N–H and O–H groups in total. The van der Waals surface area contributed by atoms with Crippen LogP contribution in [0.25, 0.3) is 11.6 Å². The minimum atomic E-state index is -0.0313. The molecule has 0 unspecified atom stereocenters. The van der Waals surface area contributed by atoms with Crippen LogP contribution in [0.4, 0.5) is 5.69 Å². The number of fused-ring (bicyclic) bond motifs is 1. The number of hydrogen-bond donors (Lipinski definition) is 2. The monoisotopic (exact) mass is 238 g/mol. The maximum absolute atomic E-state index is 12.0. The third-order valence-electron chi connectivity index (χ3n) is 3.33. The number of hydrogen-bond acceptors (Lipinski definition) is 1. The van der Waals surface area contributed by atoms with E-state index in [1.54, 1.807) is 0 Å². The number of carbonyl (C=O) groups excluding carboxylic acids is 1. The van der Waals surface area contributed by atoms with Crippen molar-refractivity contribution >= 4 is 23.2 Å². The summed E-state index contributed by atoms with van der Waals surface area (Å²) in [6.07, 6.45) is 3.92. The molecule has 1 aromatic heterocycles. The molecule has 1 aromatic carbocycles. The molecular formula is C15H14N2O. The molecule has 2 aromatic rings. The Hall–Kier alpha value is -2.29. The number of para-hydroxylation sites is 1. The minimum Gasteiger partial charge on any atom is -0.364 e. The Morgan fingerprint density at radius 1 is 1.17 bits per heavy atom. The molecule has 90 valence electrons. The van der Waals surface area contributed by atoms with Gasteiger partial charge in [-0.25, -0.2) is 0 Å². The zero-order chi connectivity index (χ0) is 12.7. The molecule has 0 fully saturated rings. The summed E-state index contributed by atoms with van der Waals surface area (Å²) in [6, 6.07) is 7.76. The summed E-state index contributed by atoms with van der Waals surface area (Å²) in [4.78, 5) is 15.2. The van der Waals surface area contributed by atoms with Gasteiger partial charge in [-0.3, -0.25) is 4.79 Å². The van der Waals surface area contributed by atoms with E-state index in [1.807, 2.05) is 50.4 Å². The van der Waals surface area contributed by atoms with Gasteiger partial charge in [0.15, 0.2) is 0 Å². The fraction of sp³-hybridized carbons (Fsp3) is 0.133. The van der Waals surface area contributed by atoms with Gasteiger partial charge in [0.05, 0.1) is 0 Å². The smallest absolute Gasteiger partial charge is 0.256 e. The molecule has 0 spiro atoms. The number of anilines is 1. The van der Waals surface area contributed by atoms with Crippen LogP contribution in [0.3, 0.4) is 0 Å². The molecule has 0 bridgehead atoms. The van der Waals surface area contributed by atoms with Gasteiger partial charge in [0, 0.05) is 28.7 Å². The third-order valence-corrected chi connectivity index (χ3v) is 3.33. The summed E-state index contributed by atoms with van der Waals surface area (Å²) in [5.74, 6) is -0.0313. The number of aromatic nitrogens is 1. The molecule has 1 amide bonds. The average molecular weight is 238 g/mol. The van der Waals surface area contributed by atoms with Crippen LogP contribution in [0, 0.1) is 13.8 Å². The van der Waals surface area contributed by atoms with E-state index in [1.165, 1.54) is 0 Å². The van der Waals surface area contributed by atoms with Crippen molar-refractivity contribution in [3.8, 4) is 0 Å². The molecule has 0 atom stereocenters. The van der Waals surface area contributed by atoms with E-state index in [9.17, 15) is 4.79 Å². The highest BCUT2D eigenvalue weighted by molar-refractivity contribution is 6.35. The predicted octanol–water partition coefficient (Wildman–Crippen LogP) is 3.12. The number of aromatic amines is 1. The lowest BCUT2D eigenvalue weighted by atomic mass is 10.0. The van der Waals surface area contributed by atoms with Gasteiger partial charge in [0.2, 0.25) is 0 Å². The first-order chi connectivity index (χ1) is 8.66. The quantitative estimate of drug-likeness (QED) is 0.737. The molecule has 3 rings (SSSR count). The van der Waals surface area contributed by atoms with Crippen LogP contribution in [0.5, 0.6) is 0 Å². The summed E-state index contributed by atoms with van der Waals surface area (Å²) in [7, 11) is 0. The highest BCUT2D eigenvalue weighted by atomic mass is 16.2. The summed E-state index contributed by atoms with van der Waals surface area (Å²) in [5.41, 5.74) is 5.92. The molecule has 1 aliphatic heterocycles. The second-order valence-electron chi connectivity index (χ2n) is 4.57. The molecule has 0 saturated carbocycles. The molecule has 18 heavy (non-hydrogen) atoms. The van der Waals surface area contributed by atoms with Crippen molar-refractivity contribution in [1.82, 2.24) is 4.98 Å². The lowest BCUT2D eigenvalue weighted by Crippen LogP contribution is -2.03. The first-order valence-corrected chi connectivity index (χ1v) is 5.94. The molecule has 3 heteroatoms. The van der Waals surface area contributed by atoms with Crippen LogP contribution < -0.4 is 5.32 Å². The number of aryl methyl sites for hydroxylation is 2. The first-order valence-electron chi connectivity index (χ1n) is 5.94.